The number of methoxy groups -OCH3 is 1. The smallest absolute Gasteiger partial charge is 0.115 e. The lowest BCUT2D eigenvalue weighted by atomic mass is 10.2. The first-order valence-electron chi connectivity index (χ1n) is 5.38. The van der Waals surface area contributed by atoms with Crippen LogP contribution in [0.15, 0.2) is 18.6 Å². The zero-order valence-electron chi connectivity index (χ0n) is 9.28. The molecule has 0 fully saturated rings. The summed E-state index contributed by atoms with van der Waals surface area (Å²) in [6, 6.07) is 1.93. The Kier molecular flexibility index (Phi) is 6.70. The van der Waals surface area contributed by atoms with Crippen molar-refractivity contribution in [2.24, 2.45) is 0 Å². The van der Waals surface area contributed by atoms with Gasteiger partial charge in [-0.15, -0.1) is 0 Å². The largest absolute Gasteiger partial charge is 0.385 e. The molecule has 0 aromatic carbocycles. The number of hydrogen-bond acceptors (Lipinski definition) is 4. The molecule has 0 saturated heterocycles. The van der Waals surface area contributed by atoms with E-state index in [9.17, 15) is 0 Å². The maximum atomic E-state index is 4.98. The Balaban J connectivity index is 1.93. The average molecular weight is 209 g/mol. The van der Waals surface area contributed by atoms with E-state index >= 15 is 0 Å². The first-order valence-corrected chi connectivity index (χ1v) is 5.38. The van der Waals surface area contributed by atoms with Crippen LogP contribution in [0.2, 0.25) is 0 Å². The minimum atomic E-state index is 0.826. The Labute approximate surface area is 91.1 Å². The standard InChI is InChI=1S/C11H19N3O/c1-15-8-4-2-3-6-12-9-11-5-7-13-10-14-11/h5,7,10,12H,2-4,6,8-9H2,1H3. The Morgan fingerprint density at radius 1 is 1.33 bits per heavy atom. The quantitative estimate of drug-likeness (QED) is 0.657. The molecule has 1 aromatic heterocycles. The third-order valence-electron chi connectivity index (χ3n) is 2.15. The van der Waals surface area contributed by atoms with E-state index in [4.69, 9.17) is 4.74 Å². The molecule has 0 bridgehead atoms. The lowest BCUT2D eigenvalue weighted by Gasteiger charge is -2.03. The van der Waals surface area contributed by atoms with Crippen LogP contribution < -0.4 is 5.32 Å². The van der Waals surface area contributed by atoms with Crippen molar-refractivity contribution < 1.29 is 4.74 Å². The van der Waals surface area contributed by atoms with E-state index in [1.807, 2.05) is 6.07 Å². The van der Waals surface area contributed by atoms with E-state index in [-0.39, 0.29) is 0 Å². The Hall–Kier alpha value is -1.00. The molecule has 0 saturated carbocycles. The minimum Gasteiger partial charge on any atom is -0.385 e. The van der Waals surface area contributed by atoms with Crippen molar-refractivity contribution in [3.8, 4) is 0 Å². The van der Waals surface area contributed by atoms with Gasteiger partial charge in [0.05, 0.1) is 5.69 Å². The molecule has 1 N–H and O–H groups in total. The summed E-state index contributed by atoms with van der Waals surface area (Å²) in [6.07, 6.45) is 6.89. The van der Waals surface area contributed by atoms with Gasteiger partial charge in [0, 0.05) is 26.5 Å². The van der Waals surface area contributed by atoms with Crippen molar-refractivity contribution in [3.05, 3.63) is 24.3 Å². The van der Waals surface area contributed by atoms with E-state index in [1.54, 1.807) is 19.6 Å². The van der Waals surface area contributed by atoms with Crippen molar-refractivity contribution in [1.29, 1.82) is 0 Å². The fourth-order valence-corrected chi connectivity index (χ4v) is 1.31. The van der Waals surface area contributed by atoms with Gasteiger partial charge in [-0.1, -0.05) is 0 Å². The molecule has 84 valence electrons. The van der Waals surface area contributed by atoms with Crippen molar-refractivity contribution in [2.75, 3.05) is 20.3 Å². The monoisotopic (exact) mass is 209 g/mol. The Bertz CT molecular complexity index is 241. The predicted molar refractivity (Wildman–Crippen MR) is 59.5 cm³/mol. The third kappa shape index (κ3) is 6.14. The molecule has 15 heavy (non-hydrogen) atoms. The normalized spacial score (nSPS) is 10.5. The van der Waals surface area contributed by atoms with Crippen LogP contribution in [0.5, 0.6) is 0 Å². The van der Waals surface area contributed by atoms with Gasteiger partial charge in [-0.2, -0.15) is 0 Å². The summed E-state index contributed by atoms with van der Waals surface area (Å²) in [6.45, 7) is 2.73. The first-order chi connectivity index (χ1) is 7.43. The summed E-state index contributed by atoms with van der Waals surface area (Å²) in [4.78, 5) is 8.00. The van der Waals surface area contributed by atoms with Gasteiger partial charge in [0.15, 0.2) is 0 Å². The van der Waals surface area contributed by atoms with Crippen LogP contribution >= 0.6 is 0 Å². The summed E-state index contributed by atoms with van der Waals surface area (Å²) in [7, 11) is 1.74. The van der Waals surface area contributed by atoms with Crippen LogP contribution in [-0.4, -0.2) is 30.2 Å². The van der Waals surface area contributed by atoms with Crippen LogP contribution in [0.1, 0.15) is 25.0 Å². The highest BCUT2D eigenvalue weighted by atomic mass is 16.5. The van der Waals surface area contributed by atoms with E-state index in [0.717, 1.165) is 31.8 Å². The van der Waals surface area contributed by atoms with Crippen LogP contribution in [0.4, 0.5) is 0 Å². The molecular formula is C11H19N3O. The van der Waals surface area contributed by atoms with Crippen LogP contribution in [0.3, 0.4) is 0 Å². The highest BCUT2D eigenvalue weighted by Gasteiger charge is 1.92. The number of nitrogens with one attached hydrogen (secondary N) is 1. The zero-order valence-corrected chi connectivity index (χ0v) is 9.28. The van der Waals surface area contributed by atoms with Gasteiger partial charge in [0.2, 0.25) is 0 Å². The second-order valence-corrected chi connectivity index (χ2v) is 3.43. The number of ether oxygens (including phenoxy) is 1. The molecule has 1 aromatic rings. The number of rotatable bonds is 8. The van der Waals surface area contributed by atoms with Gasteiger partial charge < -0.3 is 10.1 Å². The number of nitrogens with zero attached hydrogens (tertiary/aromatic N) is 2. The number of unbranched alkanes of at least 4 members (excludes halogenated alkanes) is 2. The fourth-order valence-electron chi connectivity index (χ4n) is 1.31. The van der Waals surface area contributed by atoms with E-state index in [2.05, 4.69) is 15.3 Å². The van der Waals surface area contributed by atoms with Gasteiger partial charge >= 0.3 is 0 Å². The number of hydrogen-bond donors (Lipinski definition) is 1. The maximum absolute atomic E-state index is 4.98. The van der Waals surface area contributed by atoms with Crippen LogP contribution in [0.25, 0.3) is 0 Å². The minimum absolute atomic E-state index is 0.826. The highest BCUT2D eigenvalue weighted by Crippen LogP contribution is 1.95. The van der Waals surface area contributed by atoms with Gasteiger partial charge in [0.1, 0.15) is 6.33 Å². The molecule has 0 spiro atoms. The lowest BCUT2D eigenvalue weighted by Crippen LogP contribution is -2.15. The van der Waals surface area contributed by atoms with Gasteiger partial charge in [-0.25, -0.2) is 9.97 Å². The highest BCUT2D eigenvalue weighted by molar-refractivity contribution is 4.96. The topological polar surface area (TPSA) is 47.0 Å². The SMILES string of the molecule is COCCCCCNCc1ccncn1. The summed E-state index contributed by atoms with van der Waals surface area (Å²) < 4.78 is 4.98. The Morgan fingerprint density at radius 3 is 3.00 bits per heavy atom. The van der Waals surface area contributed by atoms with Crippen LogP contribution in [0, 0.1) is 0 Å². The molecule has 0 aliphatic carbocycles. The van der Waals surface area contributed by atoms with Gasteiger partial charge in [-0.3, -0.25) is 0 Å². The molecule has 1 rings (SSSR count). The molecule has 0 aliphatic heterocycles. The molecule has 0 unspecified atom stereocenters. The van der Waals surface area contributed by atoms with E-state index in [1.165, 1.54) is 12.8 Å². The summed E-state index contributed by atoms with van der Waals surface area (Å²) in [5.74, 6) is 0. The molecule has 0 aliphatic rings. The maximum Gasteiger partial charge on any atom is 0.115 e. The molecule has 4 heteroatoms. The average Bonchev–Trinajstić information content (AvgIpc) is 2.29. The van der Waals surface area contributed by atoms with Crippen molar-refractivity contribution in [2.45, 2.75) is 25.8 Å². The summed E-state index contributed by atoms with van der Waals surface area (Å²) in [5, 5.41) is 3.35. The lowest BCUT2D eigenvalue weighted by molar-refractivity contribution is 0.192. The predicted octanol–water partition coefficient (Wildman–Crippen LogP) is 1.38. The summed E-state index contributed by atoms with van der Waals surface area (Å²) >= 11 is 0. The third-order valence-corrected chi connectivity index (χ3v) is 2.15. The van der Waals surface area contributed by atoms with Crippen molar-refractivity contribution in [3.63, 3.8) is 0 Å². The first kappa shape index (κ1) is 12.1. The fraction of sp³-hybridized carbons (Fsp3) is 0.636. The van der Waals surface area contributed by atoms with Crippen molar-refractivity contribution >= 4 is 0 Å². The Morgan fingerprint density at radius 2 is 2.27 bits per heavy atom. The molecule has 1 heterocycles. The molecular weight excluding hydrogens is 190 g/mol. The van der Waals surface area contributed by atoms with Crippen molar-refractivity contribution in [1.82, 2.24) is 15.3 Å². The zero-order chi connectivity index (χ0) is 10.8. The number of aromatic nitrogens is 2. The molecule has 4 nitrogen and oxygen atoms in total. The molecule has 0 radical (unpaired) electrons. The van der Waals surface area contributed by atoms with Gasteiger partial charge in [-0.05, 0) is 31.9 Å². The van der Waals surface area contributed by atoms with Crippen LogP contribution in [-0.2, 0) is 11.3 Å². The molecule has 0 amide bonds. The van der Waals surface area contributed by atoms with Gasteiger partial charge in [0.25, 0.3) is 0 Å². The molecule has 0 atom stereocenters. The summed E-state index contributed by atoms with van der Waals surface area (Å²) in [5.41, 5.74) is 1.04. The van der Waals surface area contributed by atoms with E-state index in [0.29, 0.717) is 0 Å². The second kappa shape index (κ2) is 8.32. The second-order valence-electron chi connectivity index (χ2n) is 3.43. The van der Waals surface area contributed by atoms with E-state index < -0.39 is 0 Å².